The van der Waals surface area contributed by atoms with E-state index in [-0.39, 0.29) is 12.3 Å². The highest BCUT2D eigenvalue weighted by Crippen LogP contribution is 2.14. The van der Waals surface area contributed by atoms with Gasteiger partial charge in [0.15, 0.2) is 0 Å². The quantitative estimate of drug-likeness (QED) is 0.535. The fourth-order valence-corrected chi connectivity index (χ4v) is 2.23. The molecule has 6 nitrogen and oxygen atoms in total. The summed E-state index contributed by atoms with van der Waals surface area (Å²) in [6, 6.07) is 16.9. The molecule has 2 amide bonds. The standard InChI is InChI=1S/C20H24N2O4/c1-2-25-13-12-19(23)21-22-20(24)17-9-6-10-18(15-17)26-14-11-16-7-4-3-5-8-16/h3-10,15H,2,11-14H2,1H3,(H,21,23)(H,22,24). The van der Waals surface area contributed by atoms with Gasteiger partial charge < -0.3 is 9.47 Å². The largest absolute Gasteiger partial charge is 0.493 e. The van der Waals surface area contributed by atoms with Gasteiger partial charge in [-0.25, -0.2) is 0 Å². The van der Waals surface area contributed by atoms with E-state index in [0.717, 1.165) is 6.42 Å². The Labute approximate surface area is 153 Å². The van der Waals surface area contributed by atoms with Crippen molar-refractivity contribution in [1.29, 1.82) is 0 Å². The Morgan fingerprint density at radius 3 is 2.54 bits per heavy atom. The smallest absolute Gasteiger partial charge is 0.269 e. The summed E-state index contributed by atoms with van der Waals surface area (Å²) in [5.74, 6) is -0.0958. The minimum absolute atomic E-state index is 0.191. The van der Waals surface area contributed by atoms with Crippen LogP contribution in [0.1, 0.15) is 29.3 Å². The van der Waals surface area contributed by atoms with Gasteiger partial charge in [-0.05, 0) is 30.7 Å². The van der Waals surface area contributed by atoms with Crippen LogP contribution in [0.4, 0.5) is 0 Å². The molecule has 6 heteroatoms. The van der Waals surface area contributed by atoms with Crippen molar-refractivity contribution >= 4 is 11.8 Å². The highest BCUT2D eigenvalue weighted by Gasteiger charge is 2.08. The number of nitrogens with one attached hydrogen (secondary N) is 2. The van der Waals surface area contributed by atoms with Gasteiger partial charge in [-0.3, -0.25) is 20.4 Å². The molecule has 0 radical (unpaired) electrons. The van der Waals surface area contributed by atoms with Crippen molar-refractivity contribution in [2.45, 2.75) is 19.8 Å². The second-order valence-corrected chi connectivity index (χ2v) is 5.56. The molecule has 0 heterocycles. The summed E-state index contributed by atoms with van der Waals surface area (Å²) < 4.78 is 10.8. The number of hydrazine groups is 1. The van der Waals surface area contributed by atoms with Crippen LogP contribution in [0.5, 0.6) is 5.75 Å². The first-order valence-electron chi connectivity index (χ1n) is 8.62. The Kier molecular flexibility index (Phi) is 8.15. The van der Waals surface area contributed by atoms with Gasteiger partial charge in [0.05, 0.1) is 19.6 Å². The van der Waals surface area contributed by atoms with Gasteiger partial charge in [0, 0.05) is 18.6 Å². The lowest BCUT2D eigenvalue weighted by Gasteiger charge is -2.10. The molecule has 0 atom stereocenters. The van der Waals surface area contributed by atoms with Crippen molar-refractivity contribution in [1.82, 2.24) is 10.9 Å². The van der Waals surface area contributed by atoms with E-state index in [1.54, 1.807) is 24.3 Å². The summed E-state index contributed by atoms with van der Waals surface area (Å²) in [6.45, 7) is 3.25. The summed E-state index contributed by atoms with van der Waals surface area (Å²) >= 11 is 0. The Hall–Kier alpha value is -2.86. The summed E-state index contributed by atoms with van der Waals surface area (Å²) in [5, 5.41) is 0. The zero-order valence-corrected chi connectivity index (χ0v) is 14.9. The van der Waals surface area contributed by atoms with Crippen molar-refractivity contribution < 1.29 is 19.1 Å². The molecule has 2 aromatic rings. The predicted molar refractivity (Wildman–Crippen MR) is 98.8 cm³/mol. The monoisotopic (exact) mass is 356 g/mol. The molecular formula is C20H24N2O4. The van der Waals surface area contributed by atoms with Gasteiger partial charge in [-0.15, -0.1) is 0 Å². The van der Waals surface area contributed by atoms with Crippen molar-refractivity contribution in [3.8, 4) is 5.75 Å². The maximum absolute atomic E-state index is 12.1. The van der Waals surface area contributed by atoms with Gasteiger partial charge in [-0.2, -0.15) is 0 Å². The highest BCUT2D eigenvalue weighted by molar-refractivity contribution is 5.95. The van der Waals surface area contributed by atoms with Crippen LogP contribution in [0.25, 0.3) is 0 Å². The maximum atomic E-state index is 12.1. The number of carbonyl (C=O) groups excluding carboxylic acids is 2. The Morgan fingerprint density at radius 1 is 0.962 bits per heavy atom. The molecule has 2 N–H and O–H groups in total. The van der Waals surface area contributed by atoms with Crippen LogP contribution >= 0.6 is 0 Å². The number of carbonyl (C=O) groups is 2. The third kappa shape index (κ3) is 6.94. The average Bonchev–Trinajstić information content (AvgIpc) is 2.67. The van der Waals surface area contributed by atoms with Crippen molar-refractivity contribution in [2.24, 2.45) is 0 Å². The second kappa shape index (κ2) is 10.9. The zero-order chi connectivity index (χ0) is 18.6. The van der Waals surface area contributed by atoms with E-state index in [1.807, 2.05) is 37.3 Å². The maximum Gasteiger partial charge on any atom is 0.269 e. The predicted octanol–water partition coefficient (Wildman–Crippen LogP) is 2.50. The first-order valence-corrected chi connectivity index (χ1v) is 8.62. The SMILES string of the molecule is CCOCCC(=O)NNC(=O)c1cccc(OCCc2ccccc2)c1. The third-order valence-corrected chi connectivity index (χ3v) is 3.59. The Balaban J connectivity index is 1.78. The lowest BCUT2D eigenvalue weighted by Crippen LogP contribution is -2.41. The molecule has 0 aliphatic heterocycles. The molecule has 0 fully saturated rings. The van der Waals surface area contributed by atoms with E-state index in [0.29, 0.717) is 31.1 Å². The van der Waals surface area contributed by atoms with Crippen LogP contribution in [0.3, 0.4) is 0 Å². The molecule has 0 aromatic heterocycles. The fraction of sp³-hybridized carbons (Fsp3) is 0.300. The Morgan fingerprint density at radius 2 is 1.77 bits per heavy atom. The lowest BCUT2D eigenvalue weighted by molar-refractivity contribution is -0.122. The van der Waals surface area contributed by atoms with Gasteiger partial charge in [0.1, 0.15) is 5.75 Å². The van der Waals surface area contributed by atoms with E-state index >= 15 is 0 Å². The van der Waals surface area contributed by atoms with Gasteiger partial charge >= 0.3 is 0 Å². The topological polar surface area (TPSA) is 76.7 Å². The number of amides is 2. The number of hydrogen-bond donors (Lipinski definition) is 2. The molecule has 0 bridgehead atoms. The molecule has 0 saturated heterocycles. The van der Waals surface area contributed by atoms with Crippen molar-refractivity contribution in [2.75, 3.05) is 19.8 Å². The zero-order valence-electron chi connectivity index (χ0n) is 14.9. The number of hydrogen-bond acceptors (Lipinski definition) is 4. The summed E-state index contributed by atoms with van der Waals surface area (Å²) in [7, 11) is 0. The molecule has 2 rings (SSSR count). The molecule has 2 aromatic carbocycles. The van der Waals surface area contributed by atoms with E-state index in [4.69, 9.17) is 9.47 Å². The normalized spacial score (nSPS) is 10.2. The van der Waals surface area contributed by atoms with Gasteiger partial charge in [0.2, 0.25) is 5.91 Å². The molecule has 0 aliphatic carbocycles. The third-order valence-electron chi connectivity index (χ3n) is 3.59. The first kappa shape index (κ1) is 19.5. The summed E-state index contributed by atoms with van der Waals surface area (Å²) in [4.78, 5) is 23.7. The average molecular weight is 356 g/mol. The van der Waals surface area contributed by atoms with Gasteiger partial charge in [0.25, 0.3) is 5.91 Å². The van der Waals surface area contributed by atoms with Crippen molar-refractivity contribution in [3.63, 3.8) is 0 Å². The van der Waals surface area contributed by atoms with Crippen LogP contribution in [0.15, 0.2) is 54.6 Å². The minimum Gasteiger partial charge on any atom is -0.493 e. The van der Waals surface area contributed by atoms with Crippen LogP contribution in [-0.2, 0) is 16.0 Å². The van der Waals surface area contributed by atoms with E-state index in [9.17, 15) is 9.59 Å². The molecular weight excluding hydrogens is 332 g/mol. The molecule has 138 valence electrons. The summed E-state index contributed by atoms with van der Waals surface area (Å²) in [5.41, 5.74) is 6.35. The molecule has 0 spiro atoms. The van der Waals surface area contributed by atoms with Crippen LogP contribution in [-0.4, -0.2) is 31.6 Å². The molecule has 0 saturated carbocycles. The van der Waals surface area contributed by atoms with Crippen molar-refractivity contribution in [3.05, 3.63) is 65.7 Å². The molecule has 0 aliphatic rings. The number of benzene rings is 2. The van der Waals surface area contributed by atoms with E-state index in [1.165, 1.54) is 5.56 Å². The first-order chi connectivity index (χ1) is 12.7. The van der Waals surface area contributed by atoms with Crippen LogP contribution < -0.4 is 15.6 Å². The van der Waals surface area contributed by atoms with E-state index < -0.39 is 5.91 Å². The second-order valence-electron chi connectivity index (χ2n) is 5.56. The van der Waals surface area contributed by atoms with Gasteiger partial charge in [-0.1, -0.05) is 36.4 Å². The van der Waals surface area contributed by atoms with Crippen LogP contribution in [0.2, 0.25) is 0 Å². The summed E-state index contributed by atoms with van der Waals surface area (Å²) in [6.07, 6.45) is 0.976. The highest BCUT2D eigenvalue weighted by atomic mass is 16.5. The number of rotatable bonds is 9. The molecule has 0 unspecified atom stereocenters. The number of ether oxygens (including phenoxy) is 2. The van der Waals surface area contributed by atoms with E-state index in [2.05, 4.69) is 10.9 Å². The van der Waals surface area contributed by atoms with Crippen LogP contribution in [0, 0.1) is 0 Å². The Bertz CT molecular complexity index is 704. The lowest BCUT2D eigenvalue weighted by atomic mass is 10.2. The molecule has 26 heavy (non-hydrogen) atoms. The minimum atomic E-state index is -0.400. The fourth-order valence-electron chi connectivity index (χ4n) is 2.23.